The van der Waals surface area contributed by atoms with Crippen molar-refractivity contribution in [3.05, 3.63) is 236 Å². The van der Waals surface area contributed by atoms with E-state index in [1.54, 1.807) is 11.1 Å². The Hall–Kier alpha value is -6.36. The molecular weight excluding hydrogens is 771 g/mol. The molecular formula is C58H49N3S. The van der Waals surface area contributed by atoms with Crippen LogP contribution >= 0.6 is 11.3 Å². The maximum Gasteiger partial charge on any atom is 0.145 e. The van der Waals surface area contributed by atoms with Gasteiger partial charge in [0.2, 0.25) is 0 Å². The van der Waals surface area contributed by atoms with Crippen LogP contribution in [0.3, 0.4) is 0 Å². The van der Waals surface area contributed by atoms with Crippen molar-refractivity contribution < 1.29 is 0 Å². The Morgan fingerprint density at radius 3 is 2.48 bits per heavy atom. The van der Waals surface area contributed by atoms with Gasteiger partial charge in [0.1, 0.15) is 6.17 Å². The lowest BCUT2D eigenvalue weighted by molar-refractivity contribution is 0.508. The molecule has 302 valence electrons. The van der Waals surface area contributed by atoms with Crippen molar-refractivity contribution in [3.8, 4) is 0 Å². The fraction of sp³-hybridized carbons (Fsp3) is 0.207. The zero-order chi connectivity index (χ0) is 41.4. The maximum atomic E-state index is 5.71. The summed E-state index contributed by atoms with van der Waals surface area (Å²) in [6.45, 7) is 4.74. The molecule has 0 radical (unpaired) electrons. The van der Waals surface area contributed by atoms with Crippen LogP contribution in [0.25, 0.3) is 21.9 Å². The van der Waals surface area contributed by atoms with E-state index >= 15 is 0 Å². The van der Waals surface area contributed by atoms with Gasteiger partial charge in [-0.1, -0.05) is 170 Å². The topological polar surface area (TPSA) is 36.8 Å². The maximum absolute atomic E-state index is 5.71. The second kappa shape index (κ2) is 14.9. The number of hydrogen-bond acceptors (Lipinski definition) is 4. The van der Waals surface area contributed by atoms with Crippen molar-refractivity contribution in [3.63, 3.8) is 0 Å². The quantitative estimate of drug-likeness (QED) is 0.171. The second-order valence-corrected chi connectivity index (χ2v) is 19.2. The molecule has 0 amide bonds. The number of allylic oxidation sites excluding steroid dienone is 9. The summed E-state index contributed by atoms with van der Waals surface area (Å²) >= 11 is 1.87. The molecule has 0 saturated heterocycles. The van der Waals surface area contributed by atoms with Crippen LogP contribution in [-0.2, 0) is 6.42 Å². The highest BCUT2D eigenvalue weighted by Crippen LogP contribution is 2.53. The Labute approximate surface area is 369 Å². The highest BCUT2D eigenvalue weighted by Gasteiger charge is 2.45. The fourth-order valence-electron chi connectivity index (χ4n) is 11.3. The number of thiophene rings is 1. The summed E-state index contributed by atoms with van der Waals surface area (Å²) in [5, 5.41) is 5.17. The van der Waals surface area contributed by atoms with Crippen LogP contribution < -0.4 is 5.32 Å². The third kappa shape index (κ3) is 6.22. The van der Waals surface area contributed by atoms with Crippen LogP contribution in [-0.4, -0.2) is 17.0 Å². The number of hydrogen-bond donors (Lipinski definition) is 1. The molecule has 62 heavy (non-hydrogen) atoms. The van der Waals surface area contributed by atoms with Crippen LogP contribution in [0.5, 0.6) is 0 Å². The van der Waals surface area contributed by atoms with Gasteiger partial charge in [-0.15, -0.1) is 11.3 Å². The number of aliphatic imine (C=N–C) groups is 2. The molecule has 6 aliphatic rings. The number of rotatable bonds is 7. The van der Waals surface area contributed by atoms with Crippen molar-refractivity contribution in [1.29, 1.82) is 0 Å². The SMILES string of the molecule is CC1CC=CC2=C1C(CCc1ccc(C3=NC(c4cccc(C5=NC6(C)C=Cc7ccccc7C6c6c5sc5ccccc65)c4)NC(c4ccccc4)=C3)cc1)C1=C2C=CCC1. The van der Waals surface area contributed by atoms with E-state index in [1.165, 1.54) is 61.2 Å². The van der Waals surface area contributed by atoms with E-state index < -0.39 is 5.54 Å². The molecule has 2 aliphatic heterocycles. The Kier molecular flexibility index (Phi) is 9.00. The Bertz CT molecular complexity index is 3060. The lowest BCUT2D eigenvalue weighted by Crippen LogP contribution is -2.37. The minimum absolute atomic E-state index is 0.143. The monoisotopic (exact) mass is 819 g/mol. The largest absolute Gasteiger partial charge is 0.360 e. The van der Waals surface area contributed by atoms with Gasteiger partial charge in [0.05, 0.1) is 21.8 Å². The first-order valence-electron chi connectivity index (χ1n) is 22.5. The van der Waals surface area contributed by atoms with Gasteiger partial charge in [0.15, 0.2) is 0 Å². The number of nitrogens with one attached hydrogen (secondary N) is 1. The van der Waals surface area contributed by atoms with Gasteiger partial charge >= 0.3 is 0 Å². The van der Waals surface area contributed by atoms with Crippen LogP contribution in [0.1, 0.15) is 101 Å². The standard InChI is InChI=1S/C58H49N3S/c1-36-14-12-24-46-44-21-8-9-22-45(44)47(52(36)46)31-28-37-26-29-40(30-27-37)50-35-49(39-16-4-3-5-17-39)59-57(60-50)42-19-13-18-41(34-42)55-56-53(48-23-10-11-25-51(48)62-56)54-43-20-7-6-15-38(43)32-33-58(54,2)61-55/h3-8,10-13,15-21,23-27,29-30,32-36,47,54,57,59H,9,14,22,28,31H2,1-2H3. The van der Waals surface area contributed by atoms with E-state index in [9.17, 15) is 0 Å². The van der Waals surface area contributed by atoms with Crippen molar-refractivity contribution in [2.75, 3.05) is 0 Å². The summed E-state index contributed by atoms with van der Waals surface area (Å²) in [6.07, 6.45) is 21.9. The second-order valence-electron chi connectivity index (χ2n) is 18.1. The zero-order valence-corrected chi connectivity index (χ0v) is 36.1. The summed E-state index contributed by atoms with van der Waals surface area (Å²) < 4.78 is 1.30. The van der Waals surface area contributed by atoms with E-state index in [0.717, 1.165) is 58.6 Å². The lowest BCUT2D eigenvalue weighted by atomic mass is 9.68. The first kappa shape index (κ1) is 37.4. The molecule has 5 unspecified atom stereocenters. The molecule has 0 spiro atoms. The number of benzene rings is 5. The predicted octanol–water partition coefficient (Wildman–Crippen LogP) is 13.9. The van der Waals surface area contributed by atoms with Crippen molar-refractivity contribution in [2.45, 2.75) is 63.6 Å². The minimum atomic E-state index is -0.420. The van der Waals surface area contributed by atoms with Gasteiger partial charge in [-0.3, -0.25) is 9.98 Å². The molecule has 4 heteroatoms. The average Bonchev–Trinajstić information content (AvgIpc) is 3.87. The molecule has 6 aromatic rings. The summed E-state index contributed by atoms with van der Waals surface area (Å²) in [4.78, 5) is 12.4. The van der Waals surface area contributed by atoms with E-state index in [2.05, 4.69) is 189 Å². The molecule has 5 atom stereocenters. The molecule has 5 aromatic carbocycles. The van der Waals surface area contributed by atoms with Gasteiger partial charge in [-0.25, -0.2) is 0 Å². The van der Waals surface area contributed by atoms with Crippen LogP contribution in [0.15, 0.2) is 196 Å². The van der Waals surface area contributed by atoms with Crippen molar-refractivity contribution in [1.82, 2.24) is 5.32 Å². The molecule has 0 saturated carbocycles. The third-order valence-electron chi connectivity index (χ3n) is 14.3. The van der Waals surface area contributed by atoms with Crippen LogP contribution in [0, 0.1) is 11.8 Å². The van der Waals surface area contributed by atoms with Gasteiger partial charge in [-0.05, 0) is 119 Å². The van der Waals surface area contributed by atoms with Crippen molar-refractivity contribution in [2.24, 2.45) is 21.8 Å². The van der Waals surface area contributed by atoms with E-state index in [4.69, 9.17) is 9.98 Å². The summed E-state index contributed by atoms with van der Waals surface area (Å²) in [5.41, 5.74) is 19.1. The number of nitrogens with zero attached hydrogens (tertiary/aromatic N) is 2. The Morgan fingerprint density at radius 1 is 0.774 bits per heavy atom. The van der Waals surface area contributed by atoms with E-state index in [0.29, 0.717) is 11.8 Å². The zero-order valence-electron chi connectivity index (χ0n) is 35.3. The summed E-state index contributed by atoms with van der Waals surface area (Å²) in [5.74, 6) is 1.33. The average molecular weight is 820 g/mol. The summed E-state index contributed by atoms with van der Waals surface area (Å²) in [7, 11) is 0. The fourth-order valence-corrected chi connectivity index (χ4v) is 12.5. The van der Waals surface area contributed by atoms with Gasteiger partial charge < -0.3 is 5.32 Å². The smallest absolute Gasteiger partial charge is 0.145 e. The van der Waals surface area contributed by atoms with Gasteiger partial charge in [0.25, 0.3) is 0 Å². The number of fused-ring (bicyclic) bond motifs is 8. The first-order valence-corrected chi connectivity index (χ1v) is 23.3. The van der Waals surface area contributed by atoms with Crippen molar-refractivity contribution >= 4 is 44.6 Å². The Balaban J connectivity index is 0.880. The minimum Gasteiger partial charge on any atom is -0.360 e. The highest BCUT2D eigenvalue weighted by molar-refractivity contribution is 7.21. The molecule has 4 aliphatic carbocycles. The molecule has 12 rings (SSSR count). The Morgan fingerprint density at radius 2 is 1.58 bits per heavy atom. The molecule has 0 fully saturated rings. The molecule has 3 nitrogen and oxygen atoms in total. The summed E-state index contributed by atoms with van der Waals surface area (Å²) in [6, 6.07) is 46.6. The predicted molar refractivity (Wildman–Crippen MR) is 260 cm³/mol. The van der Waals surface area contributed by atoms with Crippen LogP contribution in [0.2, 0.25) is 0 Å². The highest BCUT2D eigenvalue weighted by atomic mass is 32.1. The van der Waals surface area contributed by atoms with Crippen LogP contribution in [0.4, 0.5) is 0 Å². The lowest BCUT2D eigenvalue weighted by Gasteiger charge is -2.40. The molecule has 1 aromatic heterocycles. The first-order chi connectivity index (χ1) is 30.5. The normalized spacial score (nSPS) is 24.4. The third-order valence-corrected chi connectivity index (χ3v) is 15.5. The van der Waals surface area contributed by atoms with Gasteiger partial charge in [-0.2, -0.15) is 0 Å². The van der Waals surface area contributed by atoms with E-state index in [-0.39, 0.29) is 12.1 Å². The van der Waals surface area contributed by atoms with E-state index in [1.807, 2.05) is 11.3 Å². The molecule has 0 bridgehead atoms. The van der Waals surface area contributed by atoms with Gasteiger partial charge in [0, 0.05) is 27.8 Å². The number of aryl methyl sites for hydroxylation is 1. The molecule has 1 N–H and O–H groups in total. The molecule has 3 heterocycles.